The molecule has 2 amide bonds. The van der Waals surface area contributed by atoms with Crippen molar-refractivity contribution < 1.29 is 9.59 Å². The fourth-order valence-electron chi connectivity index (χ4n) is 4.30. The van der Waals surface area contributed by atoms with Gasteiger partial charge in [-0.3, -0.25) is 9.59 Å². The monoisotopic (exact) mass is 387 g/mol. The molecule has 4 atom stereocenters. The predicted octanol–water partition coefficient (Wildman–Crippen LogP) is 3.23. The van der Waals surface area contributed by atoms with Gasteiger partial charge in [-0.25, -0.2) is 0 Å². The number of nitrogens with one attached hydrogen (secondary N) is 2. The van der Waals surface area contributed by atoms with Crippen molar-refractivity contribution in [2.45, 2.75) is 46.1 Å². The third-order valence-corrected chi connectivity index (χ3v) is 5.84. The topological polar surface area (TPSA) is 61.4 Å². The first-order valence-corrected chi connectivity index (χ1v) is 10.5. The molecule has 1 aromatic rings. The van der Waals surface area contributed by atoms with E-state index in [2.05, 4.69) is 31.4 Å². The number of hydrogen-bond acceptors (Lipinski definition) is 3. The summed E-state index contributed by atoms with van der Waals surface area (Å²) in [6.07, 6.45) is 3.29. The lowest BCUT2D eigenvalue weighted by Crippen LogP contribution is -2.45. The van der Waals surface area contributed by atoms with Gasteiger partial charge in [0, 0.05) is 12.5 Å². The highest BCUT2D eigenvalue weighted by molar-refractivity contribution is 5.80. The van der Waals surface area contributed by atoms with Crippen LogP contribution in [-0.2, 0) is 9.59 Å². The SMILES string of the molecule is CC(C)[C@@H]1CC[C@@H](C)C[C@H]1C(=O)NCC(NC(=O)CN(C)C)c1ccccc1. The van der Waals surface area contributed by atoms with Gasteiger partial charge in [-0.15, -0.1) is 0 Å². The molecule has 5 heteroatoms. The Labute approximate surface area is 170 Å². The number of hydrogen-bond donors (Lipinski definition) is 2. The Morgan fingerprint density at radius 3 is 2.43 bits per heavy atom. The third-order valence-electron chi connectivity index (χ3n) is 5.84. The number of amides is 2. The van der Waals surface area contributed by atoms with Crippen molar-refractivity contribution in [1.29, 1.82) is 0 Å². The maximum atomic E-state index is 13.0. The molecule has 0 heterocycles. The fraction of sp³-hybridized carbons (Fsp3) is 0.652. The van der Waals surface area contributed by atoms with Crippen LogP contribution in [0.25, 0.3) is 0 Å². The zero-order valence-electron chi connectivity index (χ0n) is 18.1. The molecular formula is C23H37N3O2. The van der Waals surface area contributed by atoms with Crippen LogP contribution in [0.5, 0.6) is 0 Å². The van der Waals surface area contributed by atoms with Crippen LogP contribution in [0.1, 0.15) is 51.6 Å². The number of nitrogens with zero attached hydrogens (tertiary/aromatic N) is 1. The van der Waals surface area contributed by atoms with Gasteiger partial charge in [-0.1, -0.05) is 57.5 Å². The van der Waals surface area contributed by atoms with Crippen molar-refractivity contribution in [1.82, 2.24) is 15.5 Å². The number of benzene rings is 1. The Morgan fingerprint density at radius 1 is 1.14 bits per heavy atom. The van der Waals surface area contributed by atoms with E-state index in [0.29, 0.717) is 30.8 Å². The van der Waals surface area contributed by atoms with Crippen LogP contribution in [-0.4, -0.2) is 43.9 Å². The second-order valence-electron chi connectivity index (χ2n) is 8.95. The second kappa shape index (κ2) is 10.6. The molecule has 156 valence electrons. The van der Waals surface area contributed by atoms with E-state index in [1.807, 2.05) is 49.3 Å². The molecule has 0 bridgehead atoms. The predicted molar refractivity (Wildman–Crippen MR) is 114 cm³/mol. The van der Waals surface area contributed by atoms with E-state index >= 15 is 0 Å². The van der Waals surface area contributed by atoms with E-state index in [0.717, 1.165) is 18.4 Å². The molecule has 1 fully saturated rings. The van der Waals surface area contributed by atoms with Crippen molar-refractivity contribution in [2.24, 2.45) is 23.7 Å². The van der Waals surface area contributed by atoms with Crippen LogP contribution < -0.4 is 10.6 Å². The summed E-state index contributed by atoms with van der Waals surface area (Å²) in [6, 6.07) is 9.63. The largest absolute Gasteiger partial charge is 0.353 e. The lowest BCUT2D eigenvalue weighted by atomic mass is 9.70. The van der Waals surface area contributed by atoms with Gasteiger partial charge >= 0.3 is 0 Å². The van der Waals surface area contributed by atoms with Gasteiger partial charge in [0.05, 0.1) is 12.6 Å². The van der Waals surface area contributed by atoms with Crippen molar-refractivity contribution in [3.8, 4) is 0 Å². The second-order valence-corrected chi connectivity index (χ2v) is 8.95. The maximum absolute atomic E-state index is 13.0. The molecular weight excluding hydrogens is 350 g/mol. The van der Waals surface area contributed by atoms with Gasteiger partial charge in [0.15, 0.2) is 0 Å². The van der Waals surface area contributed by atoms with E-state index in [9.17, 15) is 9.59 Å². The summed E-state index contributed by atoms with van der Waals surface area (Å²) >= 11 is 0. The minimum absolute atomic E-state index is 0.0422. The molecule has 0 aromatic heterocycles. The van der Waals surface area contributed by atoms with Crippen molar-refractivity contribution >= 4 is 11.8 Å². The van der Waals surface area contributed by atoms with Crippen LogP contribution >= 0.6 is 0 Å². The first kappa shape index (κ1) is 22.4. The summed E-state index contributed by atoms with van der Waals surface area (Å²) in [4.78, 5) is 27.2. The van der Waals surface area contributed by atoms with Crippen LogP contribution in [0, 0.1) is 23.7 Å². The standard InChI is InChI=1S/C23H37N3O2/c1-16(2)19-12-11-17(3)13-20(19)23(28)24-14-21(18-9-7-6-8-10-18)25-22(27)15-26(4)5/h6-10,16-17,19-21H,11-15H2,1-5H3,(H,24,28)(H,25,27)/t17-,19+,20-,21?/m1/s1. The zero-order valence-corrected chi connectivity index (χ0v) is 18.1. The summed E-state index contributed by atoms with van der Waals surface area (Å²) in [5.74, 6) is 1.70. The number of likely N-dealkylation sites (N-methyl/N-ethyl adjacent to an activating group) is 1. The van der Waals surface area contributed by atoms with E-state index in [-0.39, 0.29) is 23.8 Å². The molecule has 1 aliphatic carbocycles. The van der Waals surface area contributed by atoms with Crippen LogP contribution in [0.2, 0.25) is 0 Å². The van der Waals surface area contributed by atoms with Gasteiger partial charge in [-0.2, -0.15) is 0 Å². The molecule has 0 spiro atoms. The first-order valence-electron chi connectivity index (χ1n) is 10.5. The van der Waals surface area contributed by atoms with Gasteiger partial charge in [0.2, 0.25) is 11.8 Å². The molecule has 28 heavy (non-hydrogen) atoms. The Bertz CT molecular complexity index is 630. The summed E-state index contributed by atoms with van der Waals surface area (Å²) in [5, 5.41) is 6.22. The molecule has 1 aromatic carbocycles. The van der Waals surface area contributed by atoms with Crippen molar-refractivity contribution in [2.75, 3.05) is 27.2 Å². The van der Waals surface area contributed by atoms with Gasteiger partial charge in [0.1, 0.15) is 0 Å². The minimum Gasteiger partial charge on any atom is -0.353 e. The van der Waals surface area contributed by atoms with E-state index in [4.69, 9.17) is 0 Å². The maximum Gasteiger partial charge on any atom is 0.234 e. The minimum atomic E-state index is -0.226. The van der Waals surface area contributed by atoms with Gasteiger partial charge < -0.3 is 15.5 Å². The van der Waals surface area contributed by atoms with Crippen molar-refractivity contribution in [3.05, 3.63) is 35.9 Å². The Morgan fingerprint density at radius 2 is 1.82 bits per heavy atom. The summed E-state index contributed by atoms with van der Waals surface area (Å²) < 4.78 is 0. The Balaban J connectivity index is 2.04. The van der Waals surface area contributed by atoms with Crippen LogP contribution in [0.3, 0.4) is 0 Å². The van der Waals surface area contributed by atoms with Gasteiger partial charge in [0.25, 0.3) is 0 Å². The zero-order chi connectivity index (χ0) is 20.7. The summed E-state index contributed by atoms with van der Waals surface area (Å²) in [7, 11) is 3.74. The molecule has 2 rings (SSSR count). The molecule has 2 N–H and O–H groups in total. The normalized spacial score (nSPS) is 23.5. The third kappa shape index (κ3) is 6.62. The average molecular weight is 388 g/mol. The first-order chi connectivity index (χ1) is 13.3. The molecule has 1 aliphatic rings. The molecule has 0 saturated heterocycles. The summed E-state index contributed by atoms with van der Waals surface area (Å²) in [5.41, 5.74) is 1.01. The van der Waals surface area contributed by atoms with Crippen molar-refractivity contribution in [3.63, 3.8) is 0 Å². The Hall–Kier alpha value is -1.88. The quantitative estimate of drug-likeness (QED) is 0.720. The molecule has 0 aliphatic heterocycles. The van der Waals surface area contributed by atoms with E-state index in [1.54, 1.807) is 0 Å². The molecule has 0 radical (unpaired) electrons. The smallest absolute Gasteiger partial charge is 0.234 e. The highest BCUT2D eigenvalue weighted by Crippen LogP contribution is 2.38. The lowest BCUT2D eigenvalue weighted by Gasteiger charge is -2.36. The van der Waals surface area contributed by atoms with E-state index < -0.39 is 0 Å². The molecule has 1 saturated carbocycles. The highest BCUT2D eigenvalue weighted by Gasteiger charge is 2.35. The highest BCUT2D eigenvalue weighted by atomic mass is 16.2. The average Bonchev–Trinajstić information content (AvgIpc) is 2.64. The number of carbonyl (C=O) groups excluding carboxylic acids is 2. The van der Waals surface area contributed by atoms with E-state index in [1.165, 1.54) is 6.42 Å². The summed E-state index contributed by atoms with van der Waals surface area (Å²) in [6.45, 7) is 7.42. The van der Waals surface area contributed by atoms with Gasteiger partial charge in [-0.05, 0) is 50.3 Å². The molecule has 1 unspecified atom stereocenters. The number of carbonyl (C=O) groups is 2. The lowest BCUT2D eigenvalue weighted by molar-refractivity contribution is -0.130. The van der Waals surface area contributed by atoms with Crippen LogP contribution in [0.4, 0.5) is 0 Å². The molecule has 5 nitrogen and oxygen atoms in total. The van der Waals surface area contributed by atoms with Crippen LogP contribution in [0.15, 0.2) is 30.3 Å². The fourth-order valence-corrected chi connectivity index (χ4v) is 4.30. The Kier molecular flexibility index (Phi) is 8.49. The number of rotatable bonds is 8.